The molecule has 0 aliphatic rings. The zero-order valence-corrected chi connectivity index (χ0v) is 19.3. The van der Waals surface area contributed by atoms with Crippen LogP contribution in [0.1, 0.15) is 41.6 Å². The van der Waals surface area contributed by atoms with Crippen molar-refractivity contribution in [2.75, 3.05) is 27.2 Å². The van der Waals surface area contributed by atoms with Crippen molar-refractivity contribution in [3.63, 3.8) is 0 Å². The van der Waals surface area contributed by atoms with E-state index in [-0.39, 0.29) is 6.04 Å². The first-order valence-corrected chi connectivity index (χ1v) is 10.6. The molecule has 0 spiro atoms. The van der Waals surface area contributed by atoms with Crippen LogP contribution in [0, 0.1) is 20.8 Å². The summed E-state index contributed by atoms with van der Waals surface area (Å²) in [6.07, 6.45) is 3.58. The zero-order chi connectivity index (χ0) is 21.6. The molecule has 29 heavy (non-hydrogen) atoms. The maximum Gasteiger partial charge on any atom is 0.279 e. The molecule has 0 radical (unpaired) electrons. The molecule has 6 nitrogen and oxygen atoms in total. The first kappa shape index (κ1) is 23.1. The minimum absolute atomic E-state index is 0.0694. The minimum atomic E-state index is 0.0694. The normalized spacial score (nSPS) is 12.6. The summed E-state index contributed by atoms with van der Waals surface area (Å²) in [5.41, 5.74) is 3.98. The lowest BCUT2D eigenvalue weighted by atomic mass is 10.1. The van der Waals surface area contributed by atoms with E-state index in [2.05, 4.69) is 30.4 Å². The van der Waals surface area contributed by atoms with E-state index in [1.165, 1.54) is 0 Å². The summed E-state index contributed by atoms with van der Waals surface area (Å²) in [7, 11) is 3.92. The molecule has 1 atom stereocenters. The predicted molar refractivity (Wildman–Crippen MR) is 122 cm³/mol. The van der Waals surface area contributed by atoms with Crippen molar-refractivity contribution in [2.24, 2.45) is 4.99 Å². The summed E-state index contributed by atoms with van der Waals surface area (Å²) in [6, 6.07) is 4.14. The second kappa shape index (κ2) is 10.5. The third kappa shape index (κ3) is 6.13. The fourth-order valence-electron chi connectivity index (χ4n) is 2.62. The topological polar surface area (TPSA) is 50.2 Å². The van der Waals surface area contributed by atoms with E-state index in [4.69, 9.17) is 9.57 Å². The maximum absolute atomic E-state index is 6.13. The second-order valence-electron chi connectivity index (χ2n) is 7.06. The molecule has 0 saturated heterocycles. The molecule has 158 valence electrons. The van der Waals surface area contributed by atoms with Gasteiger partial charge in [0.05, 0.1) is 35.2 Å². The van der Waals surface area contributed by atoms with Gasteiger partial charge in [-0.1, -0.05) is 17.4 Å². The van der Waals surface area contributed by atoms with Crippen molar-refractivity contribution >= 4 is 23.4 Å². The lowest BCUT2D eigenvalue weighted by Gasteiger charge is -2.22. The fourth-order valence-corrected chi connectivity index (χ4v) is 3.64. The molecule has 1 aromatic carbocycles. The molecular formula is C22H32N4O2S. The van der Waals surface area contributed by atoms with Crippen LogP contribution in [0.3, 0.4) is 0 Å². The third-order valence-electron chi connectivity index (χ3n) is 4.72. The van der Waals surface area contributed by atoms with E-state index >= 15 is 0 Å². The van der Waals surface area contributed by atoms with Crippen molar-refractivity contribution in [2.45, 2.75) is 40.7 Å². The number of hydrogen-bond donors (Lipinski definition) is 0. The van der Waals surface area contributed by atoms with Gasteiger partial charge in [0, 0.05) is 20.6 Å². The van der Waals surface area contributed by atoms with Gasteiger partial charge in [0.2, 0.25) is 0 Å². The van der Waals surface area contributed by atoms with Crippen LogP contribution >= 0.6 is 11.3 Å². The SMILES string of the molecule is C=CCON(C)C(C)c1sc(Oc2cc(C)c(/N=C/N(C)CC)cc2C)nc1C. The van der Waals surface area contributed by atoms with Crippen LogP contribution in [0.15, 0.2) is 29.8 Å². The first-order valence-electron chi connectivity index (χ1n) is 9.74. The van der Waals surface area contributed by atoms with Crippen LogP contribution in [-0.4, -0.2) is 48.5 Å². The summed E-state index contributed by atoms with van der Waals surface area (Å²) >= 11 is 1.54. The number of hydroxylamine groups is 2. The lowest BCUT2D eigenvalue weighted by molar-refractivity contribution is -0.154. The van der Waals surface area contributed by atoms with E-state index in [1.54, 1.807) is 17.4 Å². The van der Waals surface area contributed by atoms with Gasteiger partial charge in [-0.25, -0.2) is 9.98 Å². The average Bonchev–Trinajstić information content (AvgIpc) is 3.06. The molecular weight excluding hydrogens is 384 g/mol. The molecule has 2 aromatic rings. The number of nitrogens with zero attached hydrogens (tertiary/aromatic N) is 4. The standard InChI is InChI=1S/C22H32N4O2S/c1-9-11-27-26(8)18(6)21-17(5)24-22(29-21)28-20-13-15(3)19(12-16(20)4)23-14-25(7)10-2/h9,12-14,18H,1,10-11H2,2-8H3/b23-14+. The molecule has 0 fully saturated rings. The largest absolute Gasteiger partial charge is 0.431 e. The molecule has 0 N–H and O–H groups in total. The Balaban J connectivity index is 2.19. The highest BCUT2D eigenvalue weighted by molar-refractivity contribution is 7.13. The lowest BCUT2D eigenvalue weighted by Crippen LogP contribution is -2.22. The summed E-state index contributed by atoms with van der Waals surface area (Å²) in [5, 5.41) is 2.45. The van der Waals surface area contributed by atoms with Crippen LogP contribution in [0.25, 0.3) is 0 Å². The highest BCUT2D eigenvalue weighted by Crippen LogP contribution is 2.37. The fraction of sp³-hybridized carbons (Fsp3) is 0.455. The van der Waals surface area contributed by atoms with Crippen molar-refractivity contribution in [1.82, 2.24) is 14.9 Å². The molecule has 0 bridgehead atoms. The van der Waals surface area contributed by atoms with E-state index < -0.39 is 0 Å². The van der Waals surface area contributed by atoms with Crippen molar-refractivity contribution in [1.29, 1.82) is 0 Å². The maximum atomic E-state index is 6.13. The van der Waals surface area contributed by atoms with E-state index in [1.807, 2.05) is 63.3 Å². The van der Waals surface area contributed by atoms with Gasteiger partial charge >= 0.3 is 0 Å². The highest BCUT2D eigenvalue weighted by atomic mass is 32.1. The third-order valence-corrected chi connectivity index (χ3v) is 5.92. The minimum Gasteiger partial charge on any atom is -0.431 e. The van der Waals surface area contributed by atoms with Gasteiger partial charge in [-0.3, -0.25) is 4.84 Å². The van der Waals surface area contributed by atoms with Crippen molar-refractivity contribution < 1.29 is 9.57 Å². The number of benzene rings is 1. The van der Waals surface area contributed by atoms with E-state index in [0.717, 1.165) is 39.7 Å². The molecule has 0 aliphatic carbocycles. The Hall–Kier alpha value is -2.22. The number of aliphatic imine (C=N–C) groups is 1. The van der Waals surface area contributed by atoms with Gasteiger partial charge in [0.1, 0.15) is 5.75 Å². The predicted octanol–water partition coefficient (Wildman–Crippen LogP) is 5.58. The summed E-state index contributed by atoms with van der Waals surface area (Å²) in [6.45, 7) is 15.3. The van der Waals surface area contributed by atoms with E-state index in [0.29, 0.717) is 11.8 Å². The van der Waals surface area contributed by atoms with Crippen molar-refractivity contribution in [3.8, 4) is 10.9 Å². The average molecular weight is 417 g/mol. The molecule has 0 saturated carbocycles. The van der Waals surface area contributed by atoms with E-state index in [9.17, 15) is 0 Å². The van der Waals surface area contributed by atoms with Crippen molar-refractivity contribution in [3.05, 3.63) is 46.5 Å². The summed E-state index contributed by atoms with van der Waals surface area (Å²) in [4.78, 5) is 18.0. The number of aromatic nitrogens is 1. The van der Waals surface area contributed by atoms with Crippen LogP contribution in [0.4, 0.5) is 5.69 Å². The Morgan fingerprint density at radius 2 is 1.97 bits per heavy atom. The number of hydrogen-bond acceptors (Lipinski definition) is 6. The Morgan fingerprint density at radius 1 is 1.24 bits per heavy atom. The first-order chi connectivity index (χ1) is 13.8. The smallest absolute Gasteiger partial charge is 0.279 e. The van der Waals surface area contributed by atoms with Gasteiger partial charge in [-0.15, -0.1) is 6.58 Å². The summed E-state index contributed by atoms with van der Waals surface area (Å²) in [5.74, 6) is 0.800. The Labute approximate surface area is 178 Å². The molecule has 0 amide bonds. The van der Waals surface area contributed by atoms with Gasteiger partial charge in [-0.2, -0.15) is 5.06 Å². The Bertz CT molecular complexity index is 863. The molecule has 2 rings (SSSR count). The van der Waals surface area contributed by atoms with Crippen LogP contribution < -0.4 is 4.74 Å². The van der Waals surface area contributed by atoms with Crippen LogP contribution in [0.2, 0.25) is 0 Å². The molecule has 7 heteroatoms. The molecule has 1 heterocycles. The quantitative estimate of drug-likeness (QED) is 0.219. The van der Waals surface area contributed by atoms with Crippen LogP contribution in [0.5, 0.6) is 10.9 Å². The molecule has 0 aliphatic heterocycles. The zero-order valence-electron chi connectivity index (χ0n) is 18.5. The number of rotatable bonds is 10. The van der Waals surface area contributed by atoms with Crippen LogP contribution in [-0.2, 0) is 4.84 Å². The number of ether oxygens (including phenoxy) is 1. The highest BCUT2D eigenvalue weighted by Gasteiger charge is 2.20. The van der Waals surface area contributed by atoms with Gasteiger partial charge in [0.25, 0.3) is 5.19 Å². The number of thiazole rings is 1. The second-order valence-corrected chi connectivity index (χ2v) is 8.05. The monoisotopic (exact) mass is 416 g/mol. The summed E-state index contributed by atoms with van der Waals surface area (Å²) < 4.78 is 6.13. The van der Waals surface area contributed by atoms with Gasteiger partial charge < -0.3 is 9.64 Å². The molecule has 1 unspecified atom stereocenters. The Kier molecular flexibility index (Phi) is 8.37. The van der Waals surface area contributed by atoms with Gasteiger partial charge in [0.15, 0.2) is 0 Å². The number of aryl methyl sites for hydroxylation is 3. The van der Waals surface area contributed by atoms with Gasteiger partial charge in [-0.05, 0) is 57.9 Å². The molecule has 1 aromatic heterocycles. The Morgan fingerprint density at radius 3 is 2.62 bits per heavy atom.